The second-order valence-corrected chi connectivity index (χ2v) is 6.68. The predicted octanol–water partition coefficient (Wildman–Crippen LogP) is 4.80. The van der Waals surface area contributed by atoms with Gasteiger partial charge in [0.05, 0.1) is 12.8 Å². The van der Waals surface area contributed by atoms with Crippen LogP contribution in [-0.2, 0) is 24.3 Å². The van der Waals surface area contributed by atoms with Crippen molar-refractivity contribution in [3.63, 3.8) is 0 Å². The molecule has 0 spiro atoms. The normalized spacial score (nSPS) is 10.7. The first-order valence-corrected chi connectivity index (χ1v) is 8.93. The molecule has 0 aliphatic heterocycles. The minimum atomic E-state index is 0.0713. The second kappa shape index (κ2) is 8.68. The maximum absolute atomic E-state index is 12.8. The van der Waals surface area contributed by atoms with Crippen molar-refractivity contribution in [2.24, 2.45) is 0 Å². The minimum Gasteiger partial charge on any atom is -0.467 e. The largest absolute Gasteiger partial charge is 0.467 e. The molecule has 0 saturated heterocycles. The Morgan fingerprint density at radius 1 is 1.15 bits per heavy atom. The lowest BCUT2D eigenvalue weighted by atomic mass is 10.1. The van der Waals surface area contributed by atoms with Crippen LogP contribution in [0, 0.1) is 6.92 Å². The molecule has 4 nitrogen and oxygen atoms in total. The molecule has 1 amide bonds. The molecular weight excluding hydrogens is 348 g/mol. The number of furan rings is 1. The highest BCUT2D eigenvalue weighted by Crippen LogP contribution is 2.18. The number of amides is 1. The van der Waals surface area contributed by atoms with Gasteiger partial charge in [0.15, 0.2) is 0 Å². The molecule has 5 heteroatoms. The van der Waals surface area contributed by atoms with Crippen LogP contribution in [-0.4, -0.2) is 15.8 Å². The van der Waals surface area contributed by atoms with E-state index in [2.05, 4.69) is 4.98 Å². The zero-order valence-electron chi connectivity index (χ0n) is 14.7. The summed E-state index contributed by atoms with van der Waals surface area (Å²) in [4.78, 5) is 18.8. The van der Waals surface area contributed by atoms with Crippen molar-refractivity contribution in [3.8, 4) is 0 Å². The summed E-state index contributed by atoms with van der Waals surface area (Å²) in [6.45, 7) is 2.91. The van der Waals surface area contributed by atoms with E-state index in [9.17, 15) is 4.79 Å². The molecule has 0 radical (unpaired) electrons. The number of aryl methyl sites for hydroxylation is 2. The standard InChI is InChI=1S/C21H21ClN2O2/c1-16-6-7-17(12-20(16)22)8-9-21(25)24(15-19-5-3-11-26-19)14-18-4-2-10-23-13-18/h2-7,10-13H,8-9,14-15H2,1H3. The Hall–Kier alpha value is -2.59. The number of nitrogens with zero attached hydrogens (tertiary/aromatic N) is 2. The van der Waals surface area contributed by atoms with E-state index in [1.807, 2.05) is 49.4 Å². The molecule has 3 aromatic rings. The fraction of sp³-hybridized carbons (Fsp3) is 0.238. The molecule has 2 heterocycles. The van der Waals surface area contributed by atoms with E-state index in [1.54, 1.807) is 23.6 Å². The monoisotopic (exact) mass is 368 g/mol. The van der Waals surface area contributed by atoms with Gasteiger partial charge in [-0.15, -0.1) is 0 Å². The number of aromatic nitrogens is 1. The fourth-order valence-corrected chi connectivity index (χ4v) is 2.94. The van der Waals surface area contributed by atoms with Crippen LogP contribution in [0.25, 0.3) is 0 Å². The van der Waals surface area contributed by atoms with Gasteiger partial charge < -0.3 is 9.32 Å². The van der Waals surface area contributed by atoms with Crippen molar-refractivity contribution < 1.29 is 9.21 Å². The number of carbonyl (C=O) groups is 1. The Balaban J connectivity index is 1.68. The van der Waals surface area contributed by atoms with E-state index in [0.717, 1.165) is 27.5 Å². The molecule has 0 aliphatic rings. The van der Waals surface area contributed by atoms with E-state index in [-0.39, 0.29) is 5.91 Å². The van der Waals surface area contributed by atoms with E-state index in [4.69, 9.17) is 16.0 Å². The fourth-order valence-electron chi connectivity index (χ4n) is 2.74. The van der Waals surface area contributed by atoms with Crippen LogP contribution >= 0.6 is 11.6 Å². The van der Waals surface area contributed by atoms with Gasteiger partial charge in [-0.1, -0.05) is 29.8 Å². The zero-order valence-corrected chi connectivity index (χ0v) is 15.4. The summed E-state index contributed by atoms with van der Waals surface area (Å²) in [5.74, 6) is 0.836. The summed E-state index contributed by atoms with van der Waals surface area (Å²) in [5.41, 5.74) is 3.09. The number of benzene rings is 1. The quantitative estimate of drug-likeness (QED) is 0.601. The van der Waals surface area contributed by atoms with Crippen LogP contribution in [0.3, 0.4) is 0 Å². The lowest BCUT2D eigenvalue weighted by molar-refractivity contribution is -0.132. The Morgan fingerprint density at radius 3 is 2.73 bits per heavy atom. The minimum absolute atomic E-state index is 0.0713. The molecule has 0 aliphatic carbocycles. The average Bonchev–Trinajstić information content (AvgIpc) is 3.16. The zero-order chi connectivity index (χ0) is 18.4. The van der Waals surface area contributed by atoms with Gasteiger partial charge in [-0.3, -0.25) is 9.78 Å². The maximum Gasteiger partial charge on any atom is 0.223 e. The Morgan fingerprint density at radius 2 is 2.04 bits per heavy atom. The second-order valence-electron chi connectivity index (χ2n) is 6.27. The van der Waals surface area contributed by atoms with Gasteiger partial charge in [-0.05, 0) is 54.3 Å². The van der Waals surface area contributed by atoms with Gasteiger partial charge in [0.2, 0.25) is 5.91 Å². The third-order valence-corrected chi connectivity index (χ3v) is 4.65. The predicted molar refractivity (Wildman–Crippen MR) is 102 cm³/mol. The van der Waals surface area contributed by atoms with Gasteiger partial charge in [-0.25, -0.2) is 0 Å². The highest BCUT2D eigenvalue weighted by Gasteiger charge is 2.16. The van der Waals surface area contributed by atoms with Gasteiger partial charge in [0.1, 0.15) is 5.76 Å². The van der Waals surface area contributed by atoms with Crippen molar-refractivity contribution in [2.75, 3.05) is 0 Å². The molecular formula is C21H21ClN2O2. The van der Waals surface area contributed by atoms with Gasteiger partial charge in [-0.2, -0.15) is 0 Å². The van der Waals surface area contributed by atoms with E-state index >= 15 is 0 Å². The number of carbonyl (C=O) groups excluding carboxylic acids is 1. The summed E-state index contributed by atoms with van der Waals surface area (Å²) in [7, 11) is 0. The number of hydrogen-bond acceptors (Lipinski definition) is 3. The molecule has 0 bridgehead atoms. The Kier molecular flexibility index (Phi) is 6.08. The molecule has 2 aromatic heterocycles. The lowest BCUT2D eigenvalue weighted by Gasteiger charge is -2.22. The summed E-state index contributed by atoms with van der Waals surface area (Å²) in [6, 6.07) is 13.5. The van der Waals surface area contributed by atoms with Gasteiger partial charge in [0, 0.05) is 30.4 Å². The van der Waals surface area contributed by atoms with Gasteiger partial charge >= 0.3 is 0 Å². The number of rotatable bonds is 7. The average molecular weight is 369 g/mol. The van der Waals surface area contributed by atoms with E-state index < -0.39 is 0 Å². The third kappa shape index (κ3) is 4.96. The highest BCUT2D eigenvalue weighted by molar-refractivity contribution is 6.31. The highest BCUT2D eigenvalue weighted by atomic mass is 35.5. The Bertz CT molecular complexity index is 848. The topological polar surface area (TPSA) is 46.3 Å². The van der Waals surface area contributed by atoms with E-state index in [0.29, 0.717) is 25.9 Å². The van der Waals surface area contributed by atoms with Crippen LogP contribution in [0.5, 0.6) is 0 Å². The smallest absolute Gasteiger partial charge is 0.223 e. The Labute approximate surface area is 158 Å². The summed E-state index contributed by atoms with van der Waals surface area (Å²) in [6.07, 6.45) is 6.20. The molecule has 0 atom stereocenters. The molecule has 26 heavy (non-hydrogen) atoms. The van der Waals surface area contributed by atoms with Crippen LogP contribution in [0.4, 0.5) is 0 Å². The first-order chi connectivity index (χ1) is 12.6. The third-order valence-electron chi connectivity index (χ3n) is 4.24. The van der Waals surface area contributed by atoms with Crippen molar-refractivity contribution in [1.82, 2.24) is 9.88 Å². The molecule has 3 rings (SSSR count). The van der Waals surface area contributed by atoms with Crippen molar-refractivity contribution in [1.29, 1.82) is 0 Å². The van der Waals surface area contributed by atoms with E-state index in [1.165, 1.54) is 0 Å². The first-order valence-electron chi connectivity index (χ1n) is 8.56. The molecule has 134 valence electrons. The summed E-state index contributed by atoms with van der Waals surface area (Å²) >= 11 is 6.18. The molecule has 0 fully saturated rings. The van der Waals surface area contributed by atoms with Crippen LogP contribution in [0.1, 0.15) is 28.9 Å². The molecule has 0 saturated carbocycles. The van der Waals surface area contributed by atoms with Crippen LogP contribution < -0.4 is 0 Å². The van der Waals surface area contributed by atoms with Crippen LogP contribution in [0.15, 0.2) is 65.5 Å². The van der Waals surface area contributed by atoms with Gasteiger partial charge in [0.25, 0.3) is 0 Å². The van der Waals surface area contributed by atoms with Crippen molar-refractivity contribution in [2.45, 2.75) is 32.9 Å². The SMILES string of the molecule is Cc1ccc(CCC(=O)N(Cc2cccnc2)Cc2ccco2)cc1Cl. The van der Waals surface area contributed by atoms with Crippen LogP contribution in [0.2, 0.25) is 5.02 Å². The number of hydrogen-bond donors (Lipinski definition) is 0. The number of pyridine rings is 1. The molecule has 0 N–H and O–H groups in total. The summed E-state index contributed by atoms with van der Waals surface area (Å²) in [5, 5.41) is 0.734. The molecule has 1 aromatic carbocycles. The first kappa shape index (κ1) is 18.2. The maximum atomic E-state index is 12.8. The summed E-state index contributed by atoms with van der Waals surface area (Å²) < 4.78 is 5.42. The van der Waals surface area contributed by atoms with Crippen molar-refractivity contribution >= 4 is 17.5 Å². The number of halogens is 1. The van der Waals surface area contributed by atoms with Crippen molar-refractivity contribution in [3.05, 3.63) is 88.6 Å². The lowest BCUT2D eigenvalue weighted by Crippen LogP contribution is -2.30. The molecule has 0 unspecified atom stereocenters.